The van der Waals surface area contributed by atoms with Crippen molar-refractivity contribution >= 4 is 32.2 Å². The Morgan fingerprint density at radius 1 is 1.03 bits per heavy atom. The molecule has 0 fully saturated rings. The van der Waals surface area contributed by atoms with Gasteiger partial charge in [0.2, 0.25) is 10.0 Å². The molecule has 4 aromatic rings. The summed E-state index contributed by atoms with van der Waals surface area (Å²) in [7, 11) is -1.66. The predicted molar refractivity (Wildman–Crippen MR) is 134 cm³/mol. The van der Waals surface area contributed by atoms with Gasteiger partial charge in [-0.3, -0.25) is 10.5 Å². The molecule has 4 rings (SSSR count). The van der Waals surface area contributed by atoms with Crippen LogP contribution in [-0.4, -0.2) is 21.8 Å². The summed E-state index contributed by atoms with van der Waals surface area (Å²) in [6, 6.07) is 23.8. The Morgan fingerprint density at radius 2 is 1.76 bits per heavy atom. The summed E-state index contributed by atoms with van der Waals surface area (Å²) >= 11 is 1.50. The second-order valence-corrected chi connectivity index (χ2v) is 10.5. The van der Waals surface area contributed by atoms with Crippen LogP contribution in [0.15, 0.2) is 78.2 Å². The molecule has 170 valence electrons. The van der Waals surface area contributed by atoms with Gasteiger partial charge in [-0.05, 0) is 52.9 Å². The van der Waals surface area contributed by atoms with E-state index in [4.69, 9.17) is 10.5 Å². The highest BCUT2D eigenvalue weighted by atomic mass is 32.2. The van der Waals surface area contributed by atoms with Gasteiger partial charge in [-0.1, -0.05) is 59.9 Å². The minimum absolute atomic E-state index is 0.123. The van der Waals surface area contributed by atoms with Gasteiger partial charge in [0.25, 0.3) is 0 Å². The van der Waals surface area contributed by atoms with E-state index < -0.39 is 10.0 Å². The smallest absolute Gasteiger partial charge is 0.329 e. The zero-order valence-corrected chi connectivity index (χ0v) is 20.0. The molecule has 0 radical (unpaired) electrons. The minimum Gasteiger partial charge on any atom is -0.497 e. The first-order valence-corrected chi connectivity index (χ1v) is 13.1. The number of ether oxygens (including phenoxy) is 1. The Balaban J connectivity index is 1.58. The number of hydrogen-bond donors (Lipinski definition) is 2. The molecule has 0 unspecified atom stereocenters. The number of nitrogen functional groups attached to an aromatic ring is 1. The first-order chi connectivity index (χ1) is 15.8. The standard InChI is InChI=1S/C25H25N3O3S2/c1-31-22-12-10-19(11-13-22)23(24-16-32-25(26)27-24)14-17-6-8-18(9-7-17)20-4-3-5-21(15-20)28-33(2,29)30/h3-13,15-16,23,28H,14H2,1-2H3,(H2,26,27)/p+1/t23-/m0/s1. The zero-order chi connectivity index (χ0) is 23.4. The monoisotopic (exact) mass is 480 g/mol. The van der Waals surface area contributed by atoms with Crippen LogP contribution in [0.2, 0.25) is 0 Å². The maximum atomic E-state index is 11.5. The van der Waals surface area contributed by atoms with Crippen molar-refractivity contribution in [3.63, 3.8) is 0 Å². The molecule has 0 amide bonds. The topological polar surface area (TPSA) is 95.6 Å². The summed E-state index contributed by atoms with van der Waals surface area (Å²) in [6.45, 7) is 0. The van der Waals surface area contributed by atoms with Crippen molar-refractivity contribution in [2.75, 3.05) is 23.8 Å². The number of thiazole rings is 1. The molecule has 0 bridgehead atoms. The summed E-state index contributed by atoms with van der Waals surface area (Å²) in [5.74, 6) is 0.945. The maximum Gasteiger partial charge on any atom is 0.329 e. The summed E-state index contributed by atoms with van der Waals surface area (Å²) in [4.78, 5) is 3.29. The van der Waals surface area contributed by atoms with Crippen LogP contribution >= 0.6 is 11.3 Å². The number of methoxy groups -OCH3 is 1. The van der Waals surface area contributed by atoms with E-state index in [9.17, 15) is 8.42 Å². The zero-order valence-electron chi connectivity index (χ0n) is 18.4. The van der Waals surface area contributed by atoms with E-state index in [-0.39, 0.29) is 5.92 Å². The van der Waals surface area contributed by atoms with E-state index in [1.807, 2.05) is 30.3 Å². The number of H-pyrrole nitrogens is 1. The van der Waals surface area contributed by atoms with Gasteiger partial charge in [0, 0.05) is 11.1 Å². The van der Waals surface area contributed by atoms with E-state index >= 15 is 0 Å². The first-order valence-electron chi connectivity index (χ1n) is 10.4. The highest BCUT2D eigenvalue weighted by Crippen LogP contribution is 2.31. The molecule has 1 atom stereocenters. The number of aromatic amines is 1. The van der Waals surface area contributed by atoms with E-state index in [1.165, 1.54) is 22.5 Å². The minimum atomic E-state index is -3.32. The lowest BCUT2D eigenvalue weighted by Crippen LogP contribution is -2.17. The molecule has 33 heavy (non-hydrogen) atoms. The highest BCUT2D eigenvalue weighted by Gasteiger charge is 2.20. The number of nitrogens with two attached hydrogens (primary N) is 1. The Bertz CT molecular complexity index is 1330. The van der Waals surface area contributed by atoms with Gasteiger partial charge in [-0.25, -0.2) is 13.4 Å². The molecule has 0 aliphatic carbocycles. The van der Waals surface area contributed by atoms with E-state index in [2.05, 4.69) is 51.5 Å². The van der Waals surface area contributed by atoms with E-state index in [0.717, 1.165) is 35.2 Å². The van der Waals surface area contributed by atoms with Crippen LogP contribution in [0, 0.1) is 0 Å². The van der Waals surface area contributed by atoms with Crippen molar-refractivity contribution in [1.82, 2.24) is 0 Å². The molecule has 0 aliphatic heterocycles. The van der Waals surface area contributed by atoms with E-state index in [0.29, 0.717) is 10.8 Å². The number of hydrogen-bond acceptors (Lipinski definition) is 5. The Labute approximate surface area is 198 Å². The molecular formula is C25H26N3O3S2+. The van der Waals surface area contributed by atoms with Crippen LogP contribution in [0.4, 0.5) is 10.8 Å². The van der Waals surface area contributed by atoms with Crippen molar-refractivity contribution in [3.05, 3.63) is 95.0 Å². The predicted octanol–water partition coefficient (Wildman–Crippen LogP) is 4.57. The number of rotatable bonds is 8. The average Bonchev–Trinajstić information content (AvgIpc) is 3.23. The number of anilines is 2. The molecule has 1 heterocycles. The fourth-order valence-electron chi connectivity index (χ4n) is 3.79. The van der Waals surface area contributed by atoms with Crippen LogP contribution in [-0.2, 0) is 16.4 Å². The quantitative estimate of drug-likeness (QED) is 0.386. The Morgan fingerprint density at radius 3 is 2.36 bits per heavy atom. The number of nitrogens with one attached hydrogen (secondary N) is 2. The third kappa shape index (κ3) is 5.91. The van der Waals surface area contributed by atoms with Crippen molar-refractivity contribution < 1.29 is 18.1 Å². The van der Waals surface area contributed by atoms with Crippen molar-refractivity contribution in [1.29, 1.82) is 0 Å². The lowest BCUT2D eigenvalue weighted by atomic mass is 9.89. The van der Waals surface area contributed by atoms with Gasteiger partial charge in [0.1, 0.15) is 11.4 Å². The highest BCUT2D eigenvalue weighted by molar-refractivity contribution is 7.92. The molecule has 0 saturated heterocycles. The van der Waals surface area contributed by atoms with E-state index in [1.54, 1.807) is 13.2 Å². The summed E-state index contributed by atoms with van der Waals surface area (Å²) in [6.07, 6.45) is 1.95. The van der Waals surface area contributed by atoms with Gasteiger partial charge in [-0.2, -0.15) is 0 Å². The van der Waals surface area contributed by atoms with Crippen LogP contribution in [0.3, 0.4) is 0 Å². The summed E-state index contributed by atoms with van der Waals surface area (Å²) in [5.41, 5.74) is 11.9. The molecule has 6 nitrogen and oxygen atoms in total. The molecule has 0 spiro atoms. The Hall–Kier alpha value is -3.36. The van der Waals surface area contributed by atoms with Gasteiger partial charge in [0.15, 0.2) is 0 Å². The van der Waals surface area contributed by atoms with Gasteiger partial charge >= 0.3 is 5.13 Å². The second kappa shape index (κ2) is 9.64. The second-order valence-electron chi connectivity index (χ2n) is 7.86. The van der Waals surface area contributed by atoms with Crippen LogP contribution in [0.5, 0.6) is 5.75 Å². The molecule has 1 aromatic heterocycles. The van der Waals surface area contributed by atoms with Crippen LogP contribution < -0.4 is 20.2 Å². The van der Waals surface area contributed by atoms with Crippen LogP contribution in [0.1, 0.15) is 22.7 Å². The summed E-state index contributed by atoms with van der Waals surface area (Å²) < 4.78 is 30.9. The van der Waals surface area contributed by atoms with Gasteiger partial charge in [0.05, 0.1) is 19.3 Å². The molecular weight excluding hydrogens is 454 g/mol. The largest absolute Gasteiger partial charge is 0.497 e. The fourth-order valence-corrected chi connectivity index (χ4v) is 5.00. The van der Waals surface area contributed by atoms with Gasteiger partial charge in [-0.15, -0.1) is 0 Å². The summed E-state index contributed by atoms with van der Waals surface area (Å²) in [5, 5.41) is 2.75. The molecule has 0 aliphatic rings. The van der Waals surface area contributed by atoms with Crippen molar-refractivity contribution in [2.24, 2.45) is 0 Å². The number of sulfonamides is 1. The SMILES string of the molecule is COc1ccc([C@H](Cc2ccc(-c3cccc(NS(C)(=O)=O)c3)cc2)c2csc(N)[nH+]2)cc1. The lowest BCUT2D eigenvalue weighted by Gasteiger charge is -2.15. The lowest BCUT2D eigenvalue weighted by molar-refractivity contribution is -0.368. The third-order valence-electron chi connectivity index (χ3n) is 5.37. The Kier molecular flexibility index (Phi) is 6.67. The number of benzene rings is 3. The first kappa shape index (κ1) is 22.8. The average molecular weight is 481 g/mol. The molecule has 4 N–H and O–H groups in total. The van der Waals surface area contributed by atoms with Crippen molar-refractivity contribution in [2.45, 2.75) is 12.3 Å². The normalized spacial score (nSPS) is 12.3. The maximum absolute atomic E-state index is 11.5. The molecule has 0 saturated carbocycles. The fraction of sp³-hybridized carbons (Fsp3) is 0.160. The molecule has 8 heteroatoms. The van der Waals surface area contributed by atoms with Gasteiger partial charge < -0.3 is 4.74 Å². The molecule has 3 aromatic carbocycles. The third-order valence-corrected chi connectivity index (χ3v) is 6.70. The number of aromatic nitrogens is 1. The van der Waals surface area contributed by atoms with Crippen LogP contribution in [0.25, 0.3) is 11.1 Å². The van der Waals surface area contributed by atoms with Crippen molar-refractivity contribution in [3.8, 4) is 16.9 Å².